The van der Waals surface area contributed by atoms with Crippen LogP contribution in [0.2, 0.25) is 0 Å². The standard InChI is InChI=1S/C25H27N3O4/c1-15-21(25(31)32-5)16(2)26-22(15)24(30)28(4)17(3)19-12-9-13-20(14-19)27-23(29)18-10-7-6-8-11-18/h6-14,17,26H,1-5H3,(H,27,29). The van der Waals surface area contributed by atoms with Crippen molar-refractivity contribution in [2.24, 2.45) is 0 Å². The molecule has 0 spiro atoms. The number of aryl methyl sites for hydroxylation is 1. The van der Waals surface area contributed by atoms with Gasteiger partial charge in [0.15, 0.2) is 0 Å². The van der Waals surface area contributed by atoms with Crippen LogP contribution < -0.4 is 5.32 Å². The zero-order valence-corrected chi connectivity index (χ0v) is 18.9. The van der Waals surface area contributed by atoms with Crippen LogP contribution in [0.5, 0.6) is 0 Å². The zero-order valence-electron chi connectivity index (χ0n) is 18.9. The highest BCUT2D eigenvalue weighted by atomic mass is 16.5. The van der Waals surface area contributed by atoms with Crippen LogP contribution in [-0.4, -0.2) is 41.8 Å². The molecule has 7 heteroatoms. The number of carbonyl (C=O) groups excluding carboxylic acids is 3. The van der Waals surface area contributed by atoms with Crippen LogP contribution in [0.4, 0.5) is 5.69 Å². The highest BCUT2D eigenvalue weighted by Crippen LogP contribution is 2.26. The van der Waals surface area contributed by atoms with E-state index in [0.29, 0.717) is 33.8 Å². The highest BCUT2D eigenvalue weighted by molar-refractivity contribution is 6.04. The van der Waals surface area contributed by atoms with Crippen LogP contribution in [0, 0.1) is 13.8 Å². The Balaban J connectivity index is 1.80. The number of hydrogen-bond donors (Lipinski definition) is 2. The molecule has 1 unspecified atom stereocenters. The second-order valence-electron chi connectivity index (χ2n) is 7.65. The van der Waals surface area contributed by atoms with Gasteiger partial charge in [0.2, 0.25) is 0 Å². The van der Waals surface area contributed by atoms with Crippen LogP contribution >= 0.6 is 0 Å². The summed E-state index contributed by atoms with van der Waals surface area (Å²) in [5, 5.41) is 2.89. The lowest BCUT2D eigenvalue weighted by atomic mass is 10.0. The van der Waals surface area contributed by atoms with Crippen molar-refractivity contribution in [3.05, 3.63) is 88.2 Å². The molecule has 2 N–H and O–H groups in total. The molecule has 0 bridgehead atoms. The number of anilines is 1. The van der Waals surface area contributed by atoms with Crippen molar-refractivity contribution in [1.82, 2.24) is 9.88 Å². The van der Waals surface area contributed by atoms with E-state index >= 15 is 0 Å². The smallest absolute Gasteiger partial charge is 0.339 e. The average molecular weight is 434 g/mol. The van der Waals surface area contributed by atoms with Gasteiger partial charge in [-0.25, -0.2) is 4.79 Å². The van der Waals surface area contributed by atoms with Crippen molar-refractivity contribution in [1.29, 1.82) is 0 Å². The van der Waals surface area contributed by atoms with Crippen LogP contribution in [0.1, 0.15) is 61.0 Å². The SMILES string of the molecule is COC(=O)c1c(C)[nH]c(C(=O)N(C)C(C)c2cccc(NC(=O)c3ccccc3)c2)c1C. The number of carbonyl (C=O) groups is 3. The van der Waals surface area contributed by atoms with Crippen LogP contribution in [0.3, 0.4) is 0 Å². The lowest BCUT2D eigenvalue weighted by Gasteiger charge is -2.25. The fourth-order valence-electron chi connectivity index (χ4n) is 3.62. The van der Waals surface area contributed by atoms with E-state index in [4.69, 9.17) is 4.74 Å². The third-order valence-corrected chi connectivity index (χ3v) is 5.61. The topological polar surface area (TPSA) is 91.5 Å². The maximum atomic E-state index is 13.2. The van der Waals surface area contributed by atoms with Gasteiger partial charge in [-0.3, -0.25) is 9.59 Å². The van der Waals surface area contributed by atoms with Crippen molar-refractivity contribution in [3.8, 4) is 0 Å². The van der Waals surface area contributed by atoms with E-state index in [1.54, 1.807) is 44.0 Å². The van der Waals surface area contributed by atoms with Gasteiger partial charge in [0, 0.05) is 24.0 Å². The van der Waals surface area contributed by atoms with Gasteiger partial charge in [0.25, 0.3) is 11.8 Å². The first-order valence-corrected chi connectivity index (χ1v) is 10.3. The summed E-state index contributed by atoms with van der Waals surface area (Å²) in [4.78, 5) is 42.3. The van der Waals surface area contributed by atoms with Crippen molar-refractivity contribution in [2.75, 3.05) is 19.5 Å². The molecule has 1 atom stereocenters. The first-order chi connectivity index (χ1) is 15.2. The highest BCUT2D eigenvalue weighted by Gasteiger charge is 2.26. The van der Waals surface area contributed by atoms with E-state index in [1.807, 2.05) is 43.3 Å². The van der Waals surface area contributed by atoms with Crippen LogP contribution in [-0.2, 0) is 4.74 Å². The van der Waals surface area contributed by atoms with E-state index in [9.17, 15) is 14.4 Å². The first kappa shape index (κ1) is 22.8. The van der Waals surface area contributed by atoms with Gasteiger partial charge in [0.1, 0.15) is 5.69 Å². The number of amides is 2. The molecular weight excluding hydrogens is 406 g/mol. The Hall–Kier alpha value is -3.87. The summed E-state index contributed by atoms with van der Waals surface area (Å²) < 4.78 is 4.83. The fraction of sp³-hybridized carbons (Fsp3) is 0.240. The quantitative estimate of drug-likeness (QED) is 0.560. The third-order valence-electron chi connectivity index (χ3n) is 5.61. The third kappa shape index (κ3) is 4.56. The molecule has 3 rings (SSSR count). The summed E-state index contributed by atoms with van der Waals surface area (Å²) in [6, 6.07) is 16.1. The average Bonchev–Trinajstić information content (AvgIpc) is 3.11. The van der Waals surface area contributed by atoms with Gasteiger partial charge in [-0.2, -0.15) is 0 Å². The minimum Gasteiger partial charge on any atom is -0.465 e. The number of aromatic amines is 1. The fourth-order valence-corrected chi connectivity index (χ4v) is 3.62. The van der Waals surface area contributed by atoms with Crippen molar-refractivity contribution >= 4 is 23.5 Å². The summed E-state index contributed by atoms with van der Waals surface area (Å²) in [5.41, 5.74) is 3.95. The summed E-state index contributed by atoms with van der Waals surface area (Å²) in [6.07, 6.45) is 0. The van der Waals surface area contributed by atoms with E-state index in [-0.39, 0.29) is 17.9 Å². The van der Waals surface area contributed by atoms with E-state index in [2.05, 4.69) is 10.3 Å². The number of ether oxygens (including phenoxy) is 1. The molecule has 0 aliphatic heterocycles. The Morgan fingerprint density at radius 3 is 2.38 bits per heavy atom. The monoisotopic (exact) mass is 433 g/mol. The Bertz CT molecular complexity index is 1150. The molecule has 7 nitrogen and oxygen atoms in total. The Labute approximate surface area is 187 Å². The van der Waals surface area contributed by atoms with Gasteiger partial charge in [-0.05, 0) is 56.2 Å². The van der Waals surface area contributed by atoms with E-state index < -0.39 is 5.97 Å². The predicted molar refractivity (Wildman–Crippen MR) is 123 cm³/mol. The molecule has 166 valence electrons. The summed E-state index contributed by atoms with van der Waals surface area (Å²) in [5.74, 6) is -0.924. The van der Waals surface area contributed by atoms with Crippen molar-refractivity contribution in [3.63, 3.8) is 0 Å². The number of hydrogen-bond acceptors (Lipinski definition) is 4. The molecule has 1 aromatic heterocycles. The lowest BCUT2D eigenvalue weighted by Crippen LogP contribution is -2.30. The van der Waals surface area contributed by atoms with Crippen molar-refractivity contribution < 1.29 is 19.1 Å². The van der Waals surface area contributed by atoms with Gasteiger partial charge in [0.05, 0.1) is 18.7 Å². The summed E-state index contributed by atoms with van der Waals surface area (Å²) in [6.45, 7) is 5.36. The lowest BCUT2D eigenvalue weighted by molar-refractivity contribution is 0.0599. The van der Waals surface area contributed by atoms with Crippen LogP contribution in [0.25, 0.3) is 0 Å². The Morgan fingerprint density at radius 1 is 1.03 bits per heavy atom. The van der Waals surface area contributed by atoms with Gasteiger partial charge < -0.3 is 19.9 Å². The minimum absolute atomic E-state index is 0.201. The maximum Gasteiger partial charge on any atom is 0.339 e. The number of methoxy groups -OCH3 is 1. The normalized spacial score (nSPS) is 11.5. The number of esters is 1. The van der Waals surface area contributed by atoms with Crippen LogP contribution in [0.15, 0.2) is 54.6 Å². The second-order valence-corrected chi connectivity index (χ2v) is 7.65. The van der Waals surface area contributed by atoms with E-state index in [0.717, 1.165) is 5.56 Å². The van der Waals surface area contributed by atoms with Gasteiger partial charge in [-0.15, -0.1) is 0 Å². The predicted octanol–water partition coefficient (Wildman–Crippen LogP) is 4.50. The largest absolute Gasteiger partial charge is 0.465 e. The number of H-pyrrole nitrogens is 1. The molecule has 2 aromatic carbocycles. The molecule has 0 saturated heterocycles. The number of benzene rings is 2. The summed E-state index contributed by atoms with van der Waals surface area (Å²) >= 11 is 0. The number of nitrogens with one attached hydrogen (secondary N) is 2. The molecule has 0 saturated carbocycles. The van der Waals surface area contributed by atoms with E-state index in [1.165, 1.54) is 7.11 Å². The molecular formula is C25H27N3O4. The van der Waals surface area contributed by atoms with Crippen molar-refractivity contribution in [2.45, 2.75) is 26.8 Å². The molecule has 32 heavy (non-hydrogen) atoms. The summed E-state index contributed by atoms with van der Waals surface area (Å²) in [7, 11) is 3.02. The van der Waals surface area contributed by atoms with Gasteiger partial charge in [-0.1, -0.05) is 30.3 Å². The second kappa shape index (κ2) is 9.51. The number of rotatable bonds is 6. The molecule has 0 radical (unpaired) electrons. The maximum absolute atomic E-state index is 13.2. The minimum atomic E-state index is -0.479. The molecule has 0 fully saturated rings. The van der Waals surface area contributed by atoms with Gasteiger partial charge >= 0.3 is 5.97 Å². The molecule has 2 amide bonds. The Kier molecular flexibility index (Phi) is 6.78. The zero-order chi connectivity index (χ0) is 23.4. The Morgan fingerprint density at radius 2 is 1.72 bits per heavy atom. The first-order valence-electron chi connectivity index (χ1n) is 10.3. The molecule has 3 aromatic rings. The number of aromatic nitrogens is 1. The molecule has 0 aliphatic rings. The number of nitrogens with zero attached hydrogens (tertiary/aromatic N) is 1. The molecule has 1 heterocycles. The molecule has 0 aliphatic carbocycles.